The molecule has 0 amide bonds. The molecule has 0 spiro atoms. The van der Waals surface area contributed by atoms with Gasteiger partial charge >= 0.3 is 0 Å². The van der Waals surface area contributed by atoms with Crippen LogP contribution in [-0.2, 0) is 0 Å². The Morgan fingerprint density at radius 3 is 1.72 bits per heavy atom. The second kappa shape index (κ2) is 6.35. The summed E-state index contributed by atoms with van der Waals surface area (Å²) >= 11 is 0. The van der Waals surface area contributed by atoms with Crippen LogP contribution in [0.2, 0.25) is 45.8 Å². The van der Waals surface area contributed by atoms with Crippen molar-refractivity contribution < 1.29 is 0 Å². The number of rotatable bonds is 5. The van der Waals surface area contributed by atoms with Crippen molar-refractivity contribution in [1.29, 1.82) is 0 Å². The van der Waals surface area contributed by atoms with Crippen LogP contribution in [-0.4, -0.2) is 35.5 Å². The summed E-state index contributed by atoms with van der Waals surface area (Å²) in [5.74, 6) is 0. The quantitative estimate of drug-likeness (QED) is 0.779. The maximum atomic E-state index is 4.07. The molecule has 0 aromatic heterocycles. The van der Waals surface area contributed by atoms with Gasteiger partial charge in [-0.1, -0.05) is 58.5 Å². The minimum absolute atomic E-state index is 0.829. The number of hydrogen-bond acceptors (Lipinski definition) is 2. The van der Waals surface area contributed by atoms with E-state index in [0.717, 1.165) is 6.04 Å². The minimum atomic E-state index is -1.18. The SMILES string of the molecule is C[SiH](NC1CCCCC1)N([Si](C)(C)C)[Si](C)(C)C. The van der Waals surface area contributed by atoms with Crippen LogP contribution in [0.5, 0.6) is 0 Å². The topological polar surface area (TPSA) is 15.3 Å². The first-order chi connectivity index (χ1) is 8.12. The summed E-state index contributed by atoms with van der Waals surface area (Å²) in [6, 6.07) is 0.829. The van der Waals surface area contributed by atoms with Crippen LogP contribution in [0.1, 0.15) is 32.1 Å². The monoisotopic (exact) mass is 302 g/mol. The Kier molecular flexibility index (Phi) is 5.86. The summed E-state index contributed by atoms with van der Waals surface area (Å²) in [5.41, 5.74) is 0. The number of hydrogen-bond donors (Lipinski definition) is 1. The molecule has 108 valence electrons. The predicted molar refractivity (Wildman–Crippen MR) is 91.6 cm³/mol. The van der Waals surface area contributed by atoms with Crippen LogP contribution in [0.4, 0.5) is 0 Å². The Morgan fingerprint density at radius 2 is 1.33 bits per heavy atom. The van der Waals surface area contributed by atoms with E-state index in [4.69, 9.17) is 0 Å². The molecule has 0 saturated heterocycles. The molecular formula is C13H34N2Si3. The number of nitrogens with one attached hydrogen (secondary N) is 1. The third-order valence-corrected chi connectivity index (χ3v) is 19.5. The Morgan fingerprint density at radius 1 is 0.889 bits per heavy atom. The first-order valence-corrected chi connectivity index (χ1v) is 16.8. The van der Waals surface area contributed by atoms with Gasteiger partial charge in [0.1, 0.15) is 16.5 Å². The van der Waals surface area contributed by atoms with Gasteiger partial charge in [-0.2, -0.15) is 0 Å². The van der Waals surface area contributed by atoms with Crippen LogP contribution >= 0.6 is 0 Å². The zero-order valence-electron chi connectivity index (χ0n) is 13.6. The average Bonchev–Trinajstić information content (AvgIpc) is 2.13. The lowest BCUT2D eigenvalue weighted by Gasteiger charge is -2.48. The third-order valence-electron chi connectivity index (χ3n) is 3.91. The Balaban J connectivity index is 2.67. The van der Waals surface area contributed by atoms with Gasteiger partial charge in [0, 0.05) is 6.04 Å². The molecular weight excluding hydrogens is 268 g/mol. The van der Waals surface area contributed by atoms with E-state index in [0.29, 0.717) is 0 Å². The van der Waals surface area contributed by atoms with Gasteiger partial charge in [-0.05, 0) is 19.4 Å². The van der Waals surface area contributed by atoms with Crippen molar-refractivity contribution in [2.45, 2.75) is 84.0 Å². The molecule has 0 aromatic carbocycles. The molecule has 0 aliphatic heterocycles. The maximum absolute atomic E-state index is 4.07. The van der Waals surface area contributed by atoms with Crippen LogP contribution in [0.25, 0.3) is 0 Å². The van der Waals surface area contributed by atoms with E-state index >= 15 is 0 Å². The molecule has 18 heavy (non-hydrogen) atoms. The molecule has 5 heteroatoms. The van der Waals surface area contributed by atoms with Gasteiger partial charge in [-0.3, -0.25) is 0 Å². The van der Waals surface area contributed by atoms with Crippen molar-refractivity contribution >= 4 is 25.6 Å². The summed E-state index contributed by atoms with van der Waals surface area (Å²) in [5, 5.41) is 0. The Bertz CT molecular complexity index is 238. The van der Waals surface area contributed by atoms with Crippen molar-refractivity contribution in [3.63, 3.8) is 0 Å². The zero-order valence-corrected chi connectivity index (χ0v) is 16.8. The van der Waals surface area contributed by atoms with Crippen LogP contribution < -0.4 is 4.98 Å². The summed E-state index contributed by atoms with van der Waals surface area (Å²) in [7, 11) is -3.28. The first-order valence-electron chi connectivity index (χ1n) is 7.68. The van der Waals surface area contributed by atoms with Gasteiger partial charge in [-0.15, -0.1) is 0 Å². The van der Waals surface area contributed by atoms with E-state index in [1.165, 1.54) is 32.1 Å². The van der Waals surface area contributed by atoms with E-state index in [2.05, 4.69) is 54.7 Å². The van der Waals surface area contributed by atoms with Crippen molar-refractivity contribution in [3.05, 3.63) is 0 Å². The van der Waals surface area contributed by atoms with Crippen molar-refractivity contribution in [3.8, 4) is 0 Å². The second-order valence-electron chi connectivity index (χ2n) is 7.89. The Hall–Kier alpha value is 0.571. The standard InChI is InChI=1S/C13H34N2Si3/c1-16(14-13-11-9-8-10-12-13)15(17(2,3)4)18(5,6)7/h13-14,16H,8-12H2,1-7H3. The van der Waals surface area contributed by atoms with Crippen LogP contribution in [0.15, 0.2) is 0 Å². The molecule has 1 saturated carbocycles. The summed E-state index contributed by atoms with van der Waals surface area (Å²) in [6.07, 6.45) is 7.18. The second-order valence-corrected chi connectivity index (χ2v) is 21.2. The maximum Gasteiger partial charge on any atom is 0.171 e. The van der Waals surface area contributed by atoms with Crippen molar-refractivity contribution in [1.82, 2.24) is 8.88 Å². The predicted octanol–water partition coefficient (Wildman–Crippen LogP) is 3.73. The molecule has 1 unspecified atom stereocenters. The van der Waals surface area contributed by atoms with E-state index in [1.807, 2.05) is 0 Å². The van der Waals surface area contributed by atoms with Crippen molar-refractivity contribution in [2.24, 2.45) is 0 Å². The summed E-state index contributed by atoms with van der Waals surface area (Å²) < 4.78 is 3.02. The summed E-state index contributed by atoms with van der Waals surface area (Å²) in [6.45, 7) is 17.7. The fourth-order valence-electron chi connectivity index (χ4n) is 3.85. The van der Waals surface area contributed by atoms with Gasteiger partial charge in [0.25, 0.3) is 0 Å². The van der Waals surface area contributed by atoms with Crippen LogP contribution in [0, 0.1) is 0 Å². The fourth-order valence-corrected chi connectivity index (χ4v) is 22.8. The zero-order chi connectivity index (χ0) is 14.0. The van der Waals surface area contributed by atoms with E-state index < -0.39 is 25.6 Å². The highest BCUT2D eigenvalue weighted by Gasteiger charge is 2.38. The molecule has 1 rings (SSSR count). The van der Waals surface area contributed by atoms with Gasteiger partial charge < -0.3 is 8.88 Å². The highest BCUT2D eigenvalue weighted by atomic mass is 28.5. The van der Waals surface area contributed by atoms with Crippen molar-refractivity contribution in [2.75, 3.05) is 0 Å². The van der Waals surface area contributed by atoms with E-state index in [1.54, 1.807) is 0 Å². The highest BCUT2D eigenvalue weighted by Crippen LogP contribution is 2.23. The molecule has 1 aliphatic rings. The first kappa shape index (κ1) is 16.6. The third kappa shape index (κ3) is 4.92. The van der Waals surface area contributed by atoms with E-state index in [9.17, 15) is 0 Å². The molecule has 1 N–H and O–H groups in total. The molecule has 1 atom stereocenters. The molecule has 1 aliphatic carbocycles. The lowest BCUT2D eigenvalue weighted by Crippen LogP contribution is -2.69. The molecule has 2 nitrogen and oxygen atoms in total. The molecule has 0 aromatic rings. The largest absolute Gasteiger partial charge is 0.359 e. The van der Waals surface area contributed by atoms with Gasteiger partial charge in [0.05, 0.1) is 0 Å². The lowest BCUT2D eigenvalue weighted by molar-refractivity contribution is 0.413. The van der Waals surface area contributed by atoms with Gasteiger partial charge in [-0.25, -0.2) is 0 Å². The normalized spacial score (nSPS) is 21.3. The molecule has 0 bridgehead atoms. The smallest absolute Gasteiger partial charge is 0.171 e. The highest BCUT2D eigenvalue weighted by molar-refractivity contribution is 6.98. The molecule has 0 heterocycles. The average molecular weight is 303 g/mol. The lowest BCUT2D eigenvalue weighted by atomic mass is 9.96. The minimum Gasteiger partial charge on any atom is -0.359 e. The fraction of sp³-hybridized carbons (Fsp3) is 1.00. The van der Waals surface area contributed by atoms with Crippen LogP contribution in [0.3, 0.4) is 0 Å². The molecule has 1 fully saturated rings. The summed E-state index contributed by atoms with van der Waals surface area (Å²) in [4.78, 5) is 4.07. The van der Waals surface area contributed by atoms with E-state index in [-0.39, 0.29) is 0 Å². The number of nitrogens with zero attached hydrogens (tertiary/aromatic N) is 1. The molecule has 0 radical (unpaired) electrons. The van der Waals surface area contributed by atoms with Gasteiger partial charge in [0.2, 0.25) is 0 Å². The Labute approximate surface area is 118 Å². The van der Waals surface area contributed by atoms with Gasteiger partial charge in [0.15, 0.2) is 9.12 Å².